The van der Waals surface area contributed by atoms with E-state index in [1.54, 1.807) is 30.3 Å². The standard InChI is InChI=1S/C36H41N5O5.C2HF3O2/c37-17-4-2-1-3-5-34(43)40-18-16-25-10-12-29(19-28(25)22-40)38-35(44)26-8-6-24(7-9-26)21-41(30-13-14-30)36(45)27-11-15-31-32(20-27)46-23-33(42)39-31;3-2(4,5)1(6)7/h6-12,15,19-20,30H,1-5,13-14,16-18,21-23,37H2,(H,38,44)(H,39,42);(H,6,7). The van der Waals surface area contributed by atoms with Crippen molar-refractivity contribution in [3.63, 3.8) is 0 Å². The largest absolute Gasteiger partial charge is 0.490 e. The predicted octanol–water partition coefficient (Wildman–Crippen LogP) is 5.50. The number of ether oxygens (including phenoxy) is 1. The summed E-state index contributed by atoms with van der Waals surface area (Å²) in [5.41, 5.74) is 11.0. The maximum atomic E-state index is 13.5. The van der Waals surface area contributed by atoms with E-state index in [0.29, 0.717) is 54.3 Å². The third-order valence-electron chi connectivity index (χ3n) is 9.10. The minimum absolute atomic E-state index is 0.0699. The van der Waals surface area contributed by atoms with E-state index in [9.17, 15) is 32.3 Å². The molecular weight excluding hydrogens is 695 g/mol. The topological polar surface area (TPSA) is 171 Å². The Balaban J connectivity index is 0.000000705. The molecule has 1 saturated carbocycles. The van der Waals surface area contributed by atoms with Gasteiger partial charge < -0.3 is 36.0 Å². The molecule has 0 spiro atoms. The number of alkyl halides is 3. The van der Waals surface area contributed by atoms with Crippen LogP contribution in [0.25, 0.3) is 0 Å². The molecule has 15 heteroatoms. The van der Waals surface area contributed by atoms with Crippen molar-refractivity contribution in [3.8, 4) is 5.75 Å². The minimum atomic E-state index is -5.08. The monoisotopic (exact) mass is 737 g/mol. The molecule has 3 aliphatic rings. The number of carbonyl (C=O) groups is 5. The first kappa shape index (κ1) is 38.8. The Kier molecular flexibility index (Phi) is 12.7. The summed E-state index contributed by atoms with van der Waals surface area (Å²) < 4.78 is 37.2. The quantitative estimate of drug-likeness (QED) is 0.177. The average molecular weight is 738 g/mol. The van der Waals surface area contributed by atoms with Crippen molar-refractivity contribution in [2.45, 2.75) is 76.7 Å². The third kappa shape index (κ3) is 10.8. The summed E-state index contributed by atoms with van der Waals surface area (Å²) in [5.74, 6) is -2.61. The number of amides is 4. The smallest absolute Gasteiger partial charge is 0.482 e. The third-order valence-corrected chi connectivity index (χ3v) is 9.10. The van der Waals surface area contributed by atoms with Crippen LogP contribution in [0.1, 0.15) is 82.4 Å². The van der Waals surface area contributed by atoms with E-state index in [0.717, 1.165) is 62.6 Å². The second-order valence-electron chi connectivity index (χ2n) is 13.2. The lowest BCUT2D eigenvalue weighted by Gasteiger charge is -2.29. The molecule has 53 heavy (non-hydrogen) atoms. The number of rotatable bonds is 12. The number of hydrogen-bond donors (Lipinski definition) is 4. The van der Waals surface area contributed by atoms with E-state index in [1.807, 2.05) is 40.1 Å². The lowest BCUT2D eigenvalue weighted by Crippen LogP contribution is -2.35. The summed E-state index contributed by atoms with van der Waals surface area (Å²) in [6, 6.07) is 18.5. The van der Waals surface area contributed by atoms with Gasteiger partial charge in [-0.3, -0.25) is 19.2 Å². The van der Waals surface area contributed by atoms with Crippen LogP contribution in [-0.2, 0) is 33.9 Å². The number of aliphatic carboxylic acids is 1. The highest BCUT2D eigenvalue weighted by Gasteiger charge is 2.38. The fourth-order valence-corrected chi connectivity index (χ4v) is 6.07. The van der Waals surface area contributed by atoms with Gasteiger partial charge in [-0.2, -0.15) is 13.2 Å². The molecule has 1 aliphatic carbocycles. The molecule has 5 N–H and O–H groups in total. The zero-order valence-corrected chi connectivity index (χ0v) is 29.0. The Labute approximate surface area is 304 Å². The number of hydrogen-bond acceptors (Lipinski definition) is 7. The van der Waals surface area contributed by atoms with E-state index >= 15 is 0 Å². The number of carboxylic acid groups (broad SMARTS) is 1. The summed E-state index contributed by atoms with van der Waals surface area (Å²) in [6.07, 6.45) is 2.16. The van der Waals surface area contributed by atoms with Crippen LogP contribution >= 0.6 is 0 Å². The Morgan fingerprint density at radius 3 is 2.32 bits per heavy atom. The van der Waals surface area contributed by atoms with E-state index in [1.165, 1.54) is 5.56 Å². The van der Waals surface area contributed by atoms with Gasteiger partial charge in [-0.15, -0.1) is 0 Å². The molecule has 0 atom stereocenters. The number of fused-ring (bicyclic) bond motifs is 2. The Morgan fingerprint density at radius 1 is 0.943 bits per heavy atom. The summed E-state index contributed by atoms with van der Waals surface area (Å²) >= 11 is 0. The first-order valence-electron chi connectivity index (χ1n) is 17.5. The maximum absolute atomic E-state index is 13.5. The Morgan fingerprint density at radius 2 is 1.64 bits per heavy atom. The van der Waals surface area contributed by atoms with Crippen molar-refractivity contribution < 1.29 is 47.0 Å². The number of nitrogens with zero attached hydrogens (tertiary/aromatic N) is 2. The Bertz CT molecular complexity index is 1830. The Hall–Kier alpha value is -5.44. The van der Waals surface area contributed by atoms with Crippen molar-refractivity contribution >= 4 is 41.0 Å². The SMILES string of the molecule is NCCCCCCC(=O)N1CCc2ccc(NC(=O)c3ccc(CN(C(=O)c4ccc5c(c4)OCC(=O)N5)C4CC4)cc3)cc2C1.O=C(O)C(F)(F)F. The van der Waals surface area contributed by atoms with Gasteiger partial charge in [0, 0.05) is 48.9 Å². The number of nitrogens with one attached hydrogen (secondary N) is 2. The second kappa shape index (κ2) is 17.4. The zero-order chi connectivity index (χ0) is 38.1. The summed E-state index contributed by atoms with van der Waals surface area (Å²) in [5, 5.41) is 12.9. The van der Waals surface area contributed by atoms with Gasteiger partial charge in [0.05, 0.1) is 5.69 Å². The van der Waals surface area contributed by atoms with Crippen LogP contribution in [0.2, 0.25) is 0 Å². The molecule has 0 radical (unpaired) electrons. The highest BCUT2D eigenvalue weighted by atomic mass is 19.4. The number of anilines is 2. The first-order valence-corrected chi connectivity index (χ1v) is 17.5. The van der Waals surface area contributed by atoms with Crippen LogP contribution in [0.3, 0.4) is 0 Å². The van der Waals surface area contributed by atoms with Crippen LogP contribution in [0, 0.1) is 0 Å². The molecule has 3 aromatic carbocycles. The fraction of sp³-hybridized carbons (Fsp3) is 0.395. The van der Waals surface area contributed by atoms with Crippen LogP contribution < -0.4 is 21.1 Å². The number of carboxylic acids is 1. The highest BCUT2D eigenvalue weighted by Crippen LogP contribution is 2.33. The molecule has 3 aromatic rings. The van der Waals surface area contributed by atoms with Gasteiger partial charge in [0.1, 0.15) is 5.75 Å². The first-order chi connectivity index (χ1) is 25.3. The van der Waals surface area contributed by atoms with Crippen molar-refractivity contribution in [2.24, 2.45) is 5.73 Å². The number of carbonyl (C=O) groups excluding carboxylic acids is 4. The highest BCUT2D eigenvalue weighted by molar-refractivity contribution is 6.04. The van der Waals surface area contributed by atoms with Crippen LogP contribution in [-0.4, -0.2) is 76.4 Å². The van der Waals surface area contributed by atoms with Gasteiger partial charge in [-0.25, -0.2) is 4.79 Å². The molecule has 282 valence electrons. The van der Waals surface area contributed by atoms with Gasteiger partial charge in [-0.1, -0.05) is 31.0 Å². The molecule has 0 bridgehead atoms. The molecule has 0 saturated heterocycles. The number of benzene rings is 3. The molecule has 12 nitrogen and oxygen atoms in total. The number of halogens is 3. The van der Waals surface area contributed by atoms with Gasteiger partial charge in [0.25, 0.3) is 17.7 Å². The molecule has 2 aliphatic heterocycles. The van der Waals surface area contributed by atoms with E-state index in [-0.39, 0.29) is 36.3 Å². The van der Waals surface area contributed by atoms with E-state index in [2.05, 4.69) is 10.6 Å². The predicted molar refractivity (Wildman–Crippen MR) is 189 cm³/mol. The van der Waals surface area contributed by atoms with Crippen molar-refractivity contribution in [1.29, 1.82) is 0 Å². The molecule has 6 rings (SSSR count). The van der Waals surface area contributed by atoms with Crippen LogP contribution in [0.4, 0.5) is 24.5 Å². The molecular formula is C38H42F3N5O7. The normalized spacial score (nSPS) is 14.7. The number of nitrogens with two attached hydrogens (primary N) is 1. The van der Waals surface area contributed by atoms with Gasteiger partial charge in [0.2, 0.25) is 5.91 Å². The fourth-order valence-electron chi connectivity index (χ4n) is 6.07. The lowest BCUT2D eigenvalue weighted by atomic mass is 9.98. The van der Waals surface area contributed by atoms with Crippen LogP contribution in [0.15, 0.2) is 60.7 Å². The molecule has 0 unspecified atom stereocenters. The van der Waals surface area contributed by atoms with Gasteiger partial charge in [0.15, 0.2) is 6.61 Å². The summed E-state index contributed by atoms with van der Waals surface area (Å²) in [6.45, 7) is 2.33. The average Bonchev–Trinajstić information content (AvgIpc) is 3.98. The maximum Gasteiger partial charge on any atom is 0.490 e. The van der Waals surface area contributed by atoms with E-state index < -0.39 is 12.1 Å². The van der Waals surface area contributed by atoms with Crippen molar-refractivity contribution in [2.75, 3.05) is 30.3 Å². The molecule has 0 aromatic heterocycles. The van der Waals surface area contributed by atoms with E-state index in [4.69, 9.17) is 20.4 Å². The van der Waals surface area contributed by atoms with Gasteiger partial charge in [-0.05, 0) is 97.8 Å². The summed E-state index contributed by atoms with van der Waals surface area (Å²) in [7, 11) is 0. The van der Waals surface area contributed by atoms with Crippen LogP contribution in [0.5, 0.6) is 5.75 Å². The van der Waals surface area contributed by atoms with Gasteiger partial charge >= 0.3 is 12.1 Å². The zero-order valence-electron chi connectivity index (χ0n) is 29.0. The minimum Gasteiger partial charge on any atom is -0.482 e. The van der Waals surface area contributed by atoms with Crippen molar-refractivity contribution in [1.82, 2.24) is 9.80 Å². The summed E-state index contributed by atoms with van der Waals surface area (Å²) in [4.78, 5) is 63.7. The second-order valence-corrected chi connectivity index (χ2v) is 13.2. The molecule has 1 fully saturated rings. The number of unbranched alkanes of at least 4 members (excludes halogenated alkanes) is 3. The molecule has 4 amide bonds. The molecule has 2 heterocycles. The van der Waals surface area contributed by atoms with Crippen molar-refractivity contribution in [3.05, 3.63) is 88.5 Å². The lowest BCUT2D eigenvalue weighted by molar-refractivity contribution is -0.192.